The van der Waals surface area contributed by atoms with Gasteiger partial charge in [0, 0.05) is 11.6 Å². The molecule has 1 aliphatic rings. The molecular weight excluding hydrogens is 216 g/mol. The van der Waals surface area contributed by atoms with Crippen molar-refractivity contribution in [3.05, 3.63) is 52.0 Å². The number of hydrogen-bond acceptors (Lipinski definition) is 3. The second kappa shape index (κ2) is 4.00. The van der Waals surface area contributed by atoms with Gasteiger partial charge in [0.05, 0.1) is 6.04 Å². The Hall–Kier alpha value is -1.19. The summed E-state index contributed by atoms with van der Waals surface area (Å²) in [6.45, 7) is 0. The molecule has 2 N–H and O–H groups in total. The maximum Gasteiger partial charge on any atom is 0.114 e. The van der Waals surface area contributed by atoms with Gasteiger partial charge in [0.1, 0.15) is 5.01 Å². The second-order valence-corrected chi connectivity index (χ2v) is 5.18. The molecule has 16 heavy (non-hydrogen) atoms. The molecule has 1 aromatic heterocycles. The van der Waals surface area contributed by atoms with Crippen LogP contribution in [0, 0.1) is 0 Å². The Morgan fingerprint density at radius 3 is 2.81 bits per heavy atom. The number of rotatable bonds is 3. The van der Waals surface area contributed by atoms with E-state index in [1.165, 1.54) is 24.0 Å². The molecule has 0 aliphatic heterocycles. The Morgan fingerprint density at radius 2 is 2.12 bits per heavy atom. The molecule has 1 fully saturated rings. The van der Waals surface area contributed by atoms with E-state index in [2.05, 4.69) is 29.2 Å². The molecule has 1 aliphatic carbocycles. The Labute approximate surface area is 99.1 Å². The highest BCUT2D eigenvalue weighted by Gasteiger charge is 2.27. The molecule has 3 heteroatoms. The minimum absolute atomic E-state index is 0.0585. The van der Waals surface area contributed by atoms with Crippen LogP contribution in [0.15, 0.2) is 35.8 Å². The van der Waals surface area contributed by atoms with Gasteiger partial charge >= 0.3 is 0 Å². The van der Waals surface area contributed by atoms with Crippen molar-refractivity contribution in [1.29, 1.82) is 0 Å². The summed E-state index contributed by atoms with van der Waals surface area (Å²) >= 11 is 1.63. The normalized spacial score (nSPS) is 17.3. The monoisotopic (exact) mass is 230 g/mol. The number of nitrogens with two attached hydrogens (primary N) is 1. The van der Waals surface area contributed by atoms with Gasteiger partial charge in [0.2, 0.25) is 0 Å². The third-order valence-corrected chi connectivity index (χ3v) is 3.92. The number of nitrogens with zero attached hydrogens (tertiary/aromatic N) is 1. The lowest BCUT2D eigenvalue weighted by atomic mass is 9.98. The van der Waals surface area contributed by atoms with Crippen LogP contribution in [0.5, 0.6) is 0 Å². The first-order valence-corrected chi connectivity index (χ1v) is 6.48. The van der Waals surface area contributed by atoms with Crippen LogP contribution in [-0.2, 0) is 0 Å². The highest BCUT2D eigenvalue weighted by atomic mass is 32.1. The molecule has 2 aromatic rings. The third-order valence-electron chi connectivity index (χ3n) is 3.07. The van der Waals surface area contributed by atoms with Crippen LogP contribution < -0.4 is 5.73 Å². The van der Waals surface area contributed by atoms with Crippen LogP contribution in [0.2, 0.25) is 0 Å². The maximum absolute atomic E-state index is 6.28. The molecular formula is C13H14N2S. The van der Waals surface area contributed by atoms with Crippen molar-refractivity contribution >= 4 is 11.3 Å². The quantitative estimate of drug-likeness (QED) is 0.880. The molecule has 0 saturated heterocycles. The van der Waals surface area contributed by atoms with Gasteiger partial charge in [0.15, 0.2) is 0 Å². The molecule has 1 atom stereocenters. The highest BCUT2D eigenvalue weighted by molar-refractivity contribution is 7.09. The Bertz CT molecular complexity index is 474. The molecule has 0 amide bonds. The molecule has 1 saturated carbocycles. The summed E-state index contributed by atoms with van der Waals surface area (Å²) in [6.07, 6.45) is 4.43. The standard InChI is InChI=1S/C13H14N2S/c14-12(13-15-7-8-16-13)11-4-2-1-3-10(11)9-5-6-9/h1-4,7-9,12H,5-6,14H2. The van der Waals surface area contributed by atoms with E-state index in [-0.39, 0.29) is 6.04 Å². The van der Waals surface area contributed by atoms with E-state index in [1.807, 2.05) is 11.6 Å². The van der Waals surface area contributed by atoms with E-state index in [0.29, 0.717) is 0 Å². The summed E-state index contributed by atoms with van der Waals surface area (Å²) in [5.41, 5.74) is 8.95. The molecule has 82 valence electrons. The van der Waals surface area contributed by atoms with Gasteiger partial charge in [0.25, 0.3) is 0 Å². The summed E-state index contributed by atoms with van der Waals surface area (Å²) in [4.78, 5) is 4.31. The molecule has 2 nitrogen and oxygen atoms in total. The minimum atomic E-state index is -0.0585. The Balaban J connectivity index is 1.99. The van der Waals surface area contributed by atoms with Crippen LogP contribution in [0.1, 0.15) is 40.9 Å². The molecule has 0 radical (unpaired) electrons. The van der Waals surface area contributed by atoms with Crippen LogP contribution in [-0.4, -0.2) is 4.98 Å². The topological polar surface area (TPSA) is 38.9 Å². The molecule has 0 spiro atoms. The zero-order valence-electron chi connectivity index (χ0n) is 8.97. The number of benzene rings is 1. The smallest absolute Gasteiger partial charge is 0.114 e. The van der Waals surface area contributed by atoms with E-state index >= 15 is 0 Å². The zero-order valence-corrected chi connectivity index (χ0v) is 9.78. The summed E-state index contributed by atoms with van der Waals surface area (Å²) in [6, 6.07) is 8.46. The average molecular weight is 230 g/mol. The largest absolute Gasteiger partial charge is 0.318 e. The predicted molar refractivity (Wildman–Crippen MR) is 66.6 cm³/mol. The van der Waals surface area contributed by atoms with E-state index in [4.69, 9.17) is 5.73 Å². The Kier molecular flexibility index (Phi) is 2.50. The molecule has 1 aromatic carbocycles. The van der Waals surface area contributed by atoms with Gasteiger partial charge in [-0.05, 0) is 29.9 Å². The predicted octanol–water partition coefficient (Wildman–Crippen LogP) is 3.07. The first kappa shape index (κ1) is 10.00. The SMILES string of the molecule is NC(c1nccs1)c1ccccc1C1CC1. The summed E-state index contributed by atoms with van der Waals surface area (Å²) in [5.74, 6) is 0.738. The van der Waals surface area contributed by atoms with Gasteiger partial charge in [-0.1, -0.05) is 24.3 Å². The first-order chi connectivity index (χ1) is 7.86. The van der Waals surface area contributed by atoms with Crippen molar-refractivity contribution in [2.24, 2.45) is 5.73 Å². The number of hydrogen-bond donors (Lipinski definition) is 1. The van der Waals surface area contributed by atoms with E-state index in [0.717, 1.165) is 10.9 Å². The molecule has 3 rings (SSSR count). The first-order valence-electron chi connectivity index (χ1n) is 5.60. The van der Waals surface area contributed by atoms with Crippen molar-refractivity contribution in [3.63, 3.8) is 0 Å². The Morgan fingerprint density at radius 1 is 1.31 bits per heavy atom. The van der Waals surface area contributed by atoms with E-state index < -0.39 is 0 Å². The molecule has 0 bridgehead atoms. The van der Waals surface area contributed by atoms with Gasteiger partial charge in [-0.2, -0.15) is 0 Å². The molecule has 1 unspecified atom stereocenters. The summed E-state index contributed by atoms with van der Waals surface area (Å²) < 4.78 is 0. The lowest BCUT2D eigenvalue weighted by molar-refractivity contribution is 0.836. The van der Waals surface area contributed by atoms with Crippen molar-refractivity contribution in [2.75, 3.05) is 0 Å². The van der Waals surface area contributed by atoms with Gasteiger partial charge < -0.3 is 5.73 Å². The average Bonchev–Trinajstić information content (AvgIpc) is 3.03. The summed E-state index contributed by atoms with van der Waals surface area (Å²) in [7, 11) is 0. The fraction of sp³-hybridized carbons (Fsp3) is 0.308. The number of thiazole rings is 1. The highest BCUT2D eigenvalue weighted by Crippen LogP contribution is 2.43. The van der Waals surface area contributed by atoms with Gasteiger partial charge in [-0.3, -0.25) is 0 Å². The second-order valence-electron chi connectivity index (χ2n) is 4.25. The summed E-state index contributed by atoms with van der Waals surface area (Å²) in [5, 5.41) is 2.99. The van der Waals surface area contributed by atoms with E-state index in [1.54, 1.807) is 11.3 Å². The zero-order chi connectivity index (χ0) is 11.0. The lowest BCUT2D eigenvalue weighted by Gasteiger charge is -2.13. The minimum Gasteiger partial charge on any atom is -0.318 e. The fourth-order valence-corrected chi connectivity index (χ4v) is 2.74. The van der Waals surface area contributed by atoms with Crippen LogP contribution in [0.4, 0.5) is 0 Å². The van der Waals surface area contributed by atoms with Gasteiger partial charge in [-0.25, -0.2) is 4.98 Å². The molecule has 1 heterocycles. The van der Waals surface area contributed by atoms with Crippen molar-refractivity contribution < 1.29 is 0 Å². The van der Waals surface area contributed by atoms with Crippen molar-refractivity contribution in [1.82, 2.24) is 4.98 Å². The van der Waals surface area contributed by atoms with Crippen molar-refractivity contribution in [3.8, 4) is 0 Å². The van der Waals surface area contributed by atoms with Gasteiger partial charge in [-0.15, -0.1) is 11.3 Å². The van der Waals surface area contributed by atoms with E-state index in [9.17, 15) is 0 Å². The van der Waals surface area contributed by atoms with Crippen LogP contribution in [0.3, 0.4) is 0 Å². The fourth-order valence-electron chi connectivity index (χ4n) is 2.08. The van der Waals surface area contributed by atoms with Crippen molar-refractivity contribution in [2.45, 2.75) is 24.8 Å². The number of aromatic nitrogens is 1. The third kappa shape index (κ3) is 1.77. The maximum atomic E-state index is 6.28. The van der Waals surface area contributed by atoms with Crippen LogP contribution >= 0.6 is 11.3 Å². The van der Waals surface area contributed by atoms with Crippen LogP contribution in [0.25, 0.3) is 0 Å². The lowest BCUT2D eigenvalue weighted by Crippen LogP contribution is -2.13.